The highest BCUT2D eigenvalue weighted by Crippen LogP contribution is 2.23. The van der Waals surface area contributed by atoms with Crippen molar-refractivity contribution >= 4 is 34.2 Å². The van der Waals surface area contributed by atoms with Gasteiger partial charge in [-0.3, -0.25) is 9.78 Å². The van der Waals surface area contributed by atoms with Crippen LogP contribution < -0.4 is 4.90 Å². The molecule has 3 aromatic rings. The topological polar surface area (TPSA) is 61.9 Å². The number of benzene rings is 1. The molecule has 0 bridgehead atoms. The van der Waals surface area contributed by atoms with Crippen LogP contribution in [0, 0.1) is 6.92 Å². The lowest BCUT2D eigenvalue weighted by molar-refractivity contribution is 0.0993. The number of amides is 1. The fourth-order valence-corrected chi connectivity index (χ4v) is 2.38. The number of hydrogen-bond acceptors (Lipinski definition) is 3. The van der Waals surface area contributed by atoms with Crippen molar-refractivity contribution in [1.82, 2.24) is 15.0 Å². The van der Waals surface area contributed by atoms with Crippen molar-refractivity contribution in [3.8, 4) is 0 Å². The molecular formula is C15H13ClN4O. The van der Waals surface area contributed by atoms with E-state index in [1.807, 2.05) is 25.1 Å². The molecule has 0 radical (unpaired) electrons. The molecule has 5 nitrogen and oxygen atoms in total. The van der Waals surface area contributed by atoms with E-state index >= 15 is 0 Å². The standard InChI is InChI=1S/C15H13ClN4O/c1-9-18-13-4-3-10(7-14(13)19-9)20(2)15(21)11-5-6-17-8-12(11)16/h3-8H,1-2H3,(H,18,19). The van der Waals surface area contributed by atoms with Crippen molar-refractivity contribution in [2.24, 2.45) is 0 Å². The van der Waals surface area contributed by atoms with Crippen LogP contribution in [0.25, 0.3) is 11.0 Å². The van der Waals surface area contributed by atoms with E-state index in [4.69, 9.17) is 11.6 Å². The van der Waals surface area contributed by atoms with Gasteiger partial charge in [0.25, 0.3) is 5.91 Å². The van der Waals surface area contributed by atoms with Crippen molar-refractivity contribution in [1.29, 1.82) is 0 Å². The number of fused-ring (bicyclic) bond motifs is 1. The number of imidazole rings is 1. The fourth-order valence-electron chi connectivity index (χ4n) is 2.18. The van der Waals surface area contributed by atoms with Crippen LogP contribution in [0.2, 0.25) is 5.02 Å². The maximum Gasteiger partial charge on any atom is 0.259 e. The molecule has 1 amide bonds. The van der Waals surface area contributed by atoms with Crippen LogP contribution in [0.5, 0.6) is 0 Å². The molecule has 21 heavy (non-hydrogen) atoms. The van der Waals surface area contributed by atoms with Crippen molar-refractivity contribution < 1.29 is 4.79 Å². The third-order valence-corrected chi connectivity index (χ3v) is 3.58. The van der Waals surface area contributed by atoms with E-state index in [1.165, 1.54) is 6.20 Å². The van der Waals surface area contributed by atoms with Crippen LogP contribution >= 0.6 is 11.6 Å². The third-order valence-electron chi connectivity index (χ3n) is 3.28. The van der Waals surface area contributed by atoms with Gasteiger partial charge in [-0.2, -0.15) is 0 Å². The molecule has 6 heteroatoms. The number of carbonyl (C=O) groups excluding carboxylic acids is 1. The zero-order valence-electron chi connectivity index (χ0n) is 11.6. The number of nitrogens with one attached hydrogen (secondary N) is 1. The normalized spacial score (nSPS) is 10.8. The molecule has 0 aliphatic carbocycles. The Bertz CT molecular complexity index is 827. The molecule has 0 saturated carbocycles. The number of pyridine rings is 1. The molecule has 0 unspecified atom stereocenters. The lowest BCUT2D eigenvalue weighted by atomic mass is 10.2. The van der Waals surface area contributed by atoms with E-state index in [9.17, 15) is 4.79 Å². The van der Waals surface area contributed by atoms with Crippen LogP contribution in [-0.4, -0.2) is 27.9 Å². The summed E-state index contributed by atoms with van der Waals surface area (Å²) in [7, 11) is 1.71. The molecule has 0 atom stereocenters. The smallest absolute Gasteiger partial charge is 0.259 e. The van der Waals surface area contributed by atoms with Crippen molar-refractivity contribution in [3.05, 3.63) is 53.1 Å². The number of H-pyrrole nitrogens is 1. The molecule has 3 rings (SSSR count). The Hall–Kier alpha value is -2.40. The van der Waals surface area contributed by atoms with Gasteiger partial charge in [-0.1, -0.05) is 11.6 Å². The quantitative estimate of drug-likeness (QED) is 0.790. The predicted molar refractivity (Wildman–Crippen MR) is 82.8 cm³/mol. The van der Waals surface area contributed by atoms with Gasteiger partial charge in [0.2, 0.25) is 0 Å². The number of rotatable bonds is 2. The summed E-state index contributed by atoms with van der Waals surface area (Å²) in [4.78, 5) is 25.4. The van der Waals surface area contributed by atoms with E-state index in [-0.39, 0.29) is 5.91 Å². The van der Waals surface area contributed by atoms with E-state index in [0.29, 0.717) is 10.6 Å². The van der Waals surface area contributed by atoms with Crippen molar-refractivity contribution in [3.63, 3.8) is 0 Å². The Morgan fingerprint density at radius 1 is 1.33 bits per heavy atom. The number of nitrogens with zero attached hydrogens (tertiary/aromatic N) is 3. The molecule has 0 aliphatic rings. The highest BCUT2D eigenvalue weighted by atomic mass is 35.5. The largest absolute Gasteiger partial charge is 0.342 e. The molecule has 1 N–H and O–H groups in total. The average molecular weight is 301 g/mol. The summed E-state index contributed by atoms with van der Waals surface area (Å²) in [6, 6.07) is 7.24. The van der Waals surface area contributed by atoms with Crippen LogP contribution in [0.4, 0.5) is 5.69 Å². The SMILES string of the molecule is Cc1nc2ccc(N(C)C(=O)c3ccncc3Cl)cc2[nH]1. The first-order valence-corrected chi connectivity index (χ1v) is 6.78. The second-order valence-corrected chi connectivity index (χ2v) is 5.15. The molecule has 0 saturated heterocycles. The molecule has 0 fully saturated rings. The van der Waals surface area contributed by atoms with E-state index in [2.05, 4.69) is 15.0 Å². The first-order valence-electron chi connectivity index (χ1n) is 6.40. The summed E-state index contributed by atoms with van der Waals surface area (Å²) in [5, 5.41) is 0.341. The summed E-state index contributed by atoms with van der Waals surface area (Å²) in [5.41, 5.74) is 2.96. The molecule has 106 valence electrons. The maximum atomic E-state index is 12.5. The van der Waals surface area contributed by atoms with Gasteiger partial charge in [0.15, 0.2) is 0 Å². The van der Waals surface area contributed by atoms with Crippen LogP contribution in [0.3, 0.4) is 0 Å². The lowest BCUT2D eigenvalue weighted by Crippen LogP contribution is -2.26. The van der Waals surface area contributed by atoms with Crippen molar-refractivity contribution in [2.75, 3.05) is 11.9 Å². The lowest BCUT2D eigenvalue weighted by Gasteiger charge is -2.17. The van der Waals surface area contributed by atoms with Gasteiger partial charge in [-0.25, -0.2) is 4.98 Å². The number of halogens is 1. The Kier molecular flexibility index (Phi) is 3.35. The number of anilines is 1. The number of hydrogen-bond donors (Lipinski definition) is 1. The minimum atomic E-state index is -0.182. The second-order valence-electron chi connectivity index (χ2n) is 4.74. The number of aromatic amines is 1. The van der Waals surface area contributed by atoms with Gasteiger partial charge in [0, 0.05) is 25.1 Å². The maximum absolute atomic E-state index is 12.5. The summed E-state index contributed by atoms with van der Waals surface area (Å²) >= 11 is 6.02. The first kappa shape index (κ1) is 13.6. The first-order chi connectivity index (χ1) is 10.1. The monoisotopic (exact) mass is 300 g/mol. The number of aryl methyl sites for hydroxylation is 1. The second kappa shape index (κ2) is 5.18. The Labute approximate surface area is 126 Å². The zero-order valence-corrected chi connectivity index (χ0v) is 12.3. The van der Waals surface area contributed by atoms with E-state index < -0.39 is 0 Å². The van der Waals surface area contributed by atoms with Crippen LogP contribution in [0.15, 0.2) is 36.7 Å². The van der Waals surface area contributed by atoms with E-state index in [1.54, 1.807) is 24.2 Å². The predicted octanol–water partition coefficient (Wildman–Crippen LogP) is 3.20. The number of carbonyl (C=O) groups is 1. The summed E-state index contributed by atoms with van der Waals surface area (Å²) in [6.45, 7) is 1.89. The summed E-state index contributed by atoms with van der Waals surface area (Å²) < 4.78 is 0. The fraction of sp³-hybridized carbons (Fsp3) is 0.133. The zero-order chi connectivity index (χ0) is 15.0. The molecular weight excluding hydrogens is 288 g/mol. The van der Waals surface area contributed by atoms with Gasteiger partial charge in [-0.15, -0.1) is 0 Å². The van der Waals surface area contributed by atoms with Crippen LogP contribution in [-0.2, 0) is 0 Å². The highest BCUT2D eigenvalue weighted by molar-refractivity contribution is 6.34. The van der Waals surface area contributed by atoms with Gasteiger partial charge >= 0.3 is 0 Å². The Morgan fingerprint density at radius 2 is 2.14 bits per heavy atom. The van der Waals surface area contributed by atoms with Gasteiger partial charge in [0.05, 0.1) is 21.6 Å². The molecule has 1 aromatic carbocycles. The Balaban J connectivity index is 1.97. The summed E-state index contributed by atoms with van der Waals surface area (Å²) in [6.07, 6.45) is 3.01. The highest BCUT2D eigenvalue weighted by Gasteiger charge is 2.17. The molecule has 0 aliphatic heterocycles. The molecule has 2 aromatic heterocycles. The molecule has 2 heterocycles. The van der Waals surface area contributed by atoms with E-state index in [0.717, 1.165) is 22.5 Å². The summed E-state index contributed by atoms with van der Waals surface area (Å²) in [5.74, 6) is 0.659. The van der Waals surface area contributed by atoms with Gasteiger partial charge in [-0.05, 0) is 31.2 Å². The third kappa shape index (κ3) is 2.48. The minimum absolute atomic E-state index is 0.182. The van der Waals surface area contributed by atoms with Crippen LogP contribution in [0.1, 0.15) is 16.2 Å². The minimum Gasteiger partial charge on any atom is -0.342 e. The Morgan fingerprint density at radius 3 is 2.90 bits per heavy atom. The van der Waals surface area contributed by atoms with Gasteiger partial charge < -0.3 is 9.88 Å². The average Bonchev–Trinajstić information content (AvgIpc) is 2.85. The van der Waals surface area contributed by atoms with Gasteiger partial charge in [0.1, 0.15) is 5.82 Å². The van der Waals surface area contributed by atoms with Crippen molar-refractivity contribution in [2.45, 2.75) is 6.92 Å². The molecule has 0 spiro atoms. The number of aromatic nitrogens is 3.